The second-order valence-electron chi connectivity index (χ2n) is 5.03. The average molecular weight is 266 g/mol. The lowest BCUT2D eigenvalue weighted by Crippen LogP contribution is -2.40. The molecule has 1 aliphatic heterocycles. The summed E-state index contributed by atoms with van der Waals surface area (Å²) in [6, 6.07) is 0. The molecule has 1 atom stereocenters. The Bertz CT molecular complexity index is 425. The number of anilines is 2. The molecule has 0 aliphatic carbocycles. The predicted octanol–water partition coefficient (Wildman–Crippen LogP) is 1.46. The molecule has 6 heteroatoms. The Labute approximate surface area is 113 Å². The number of nitrogens with two attached hydrogens (primary N) is 1. The van der Waals surface area contributed by atoms with Crippen LogP contribution in [-0.2, 0) is 4.74 Å². The average Bonchev–Trinajstić information content (AvgIpc) is 2.41. The van der Waals surface area contributed by atoms with Gasteiger partial charge in [-0.1, -0.05) is 0 Å². The number of hydrogen-bond donors (Lipinski definition) is 1. The summed E-state index contributed by atoms with van der Waals surface area (Å²) in [5.74, 6) is 1.20. The molecule has 19 heavy (non-hydrogen) atoms. The normalized spacial score (nSPS) is 19.8. The van der Waals surface area contributed by atoms with Crippen LogP contribution in [0.25, 0.3) is 0 Å². The number of aromatic nitrogens is 2. The Morgan fingerprint density at radius 3 is 2.89 bits per heavy atom. The molecule has 106 valence electrons. The van der Waals surface area contributed by atoms with Gasteiger partial charge in [-0.15, -0.1) is 0 Å². The second-order valence-corrected chi connectivity index (χ2v) is 5.03. The van der Waals surface area contributed by atoms with E-state index in [1.165, 1.54) is 6.33 Å². The maximum atomic E-state index is 6.12. The summed E-state index contributed by atoms with van der Waals surface area (Å²) in [6.07, 6.45) is 3.92. The first-order chi connectivity index (χ1) is 9.11. The Balaban J connectivity index is 2.19. The number of nitrogens with zero attached hydrogens (tertiary/aromatic N) is 3. The zero-order valence-electron chi connectivity index (χ0n) is 11.8. The minimum atomic E-state index is 0.0399. The molecule has 0 aromatic carbocycles. The van der Waals surface area contributed by atoms with Gasteiger partial charge in [0.2, 0.25) is 5.88 Å². The smallest absolute Gasteiger partial charge is 0.242 e. The summed E-state index contributed by atoms with van der Waals surface area (Å²) < 4.78 is 11.0. The van der Waals surface area contributed by atoms with E-state index in [1.54, 1.807) is 7.11 Å². The van der Waals surface area contributed by atoms with Crippen LogP contribution >= 0.6 is 0 Å². The van der Waals surface area contributed by atoms with Gasteiger partial charge in [-0.2, -0.15) is 4.98 Å². The second kappa shape index (κ2) is 6.06. The van der Waals surface area contributed by atoms with Gasteiger partial charge in [0.05, 0.1) is 12.2 Å². The van der Waals surface area contributed by atoms with Crippen molar-refractivity contribution in [2.45, 2.75) is 38.9 Å². The lowest BCUT2D eigenvalue weighted by atomic mass is 10.1. The van der Waals surface area contributed by atoms with E-state index in [-0.39, 0.29) is 12.2 Å². The zero-order valence-corrected chi connectivity index (χ0v) is 11.8. The van der Waals surface area contributed by atoms with Gasteiger partial charge in [-0.3, -0.25) is 0 Å². The number of hydrogen-bond acceptors (Lipinski definition) is 6. The molecule has 1 fully saturated rings. The molecular formula is C13H22N4O2. The quantitative estimate of drug-likeness (QED) is 0.889. The van der Waals surface area contributed by atoms with Gasteiger partial charge in [0.1, 0.15) is 12.0 Å². The topological polar surface area (TPSA) is 73.5 Å². The number of rotatable bonds is 4. The maximum absolute atomic E-state index is 6.12. The first kappa shape index (κ1) is 13.9. The Morgan fingerprint density at radius 2 is 2.21 bits per heavy atom. The van der Waals surface area contributed by atoms with Crippen molar-refractivity contribution < 1.29 is 9.47 Å². The van der Waals surface area contributed by atoms with Crippen molar-refractivity contribution in [3.05, 3.63) is 6.33 Å². The summed E-state index contributed by atoms with van der Waals surface area (Å²) in [5, 5.41) is 0. The Kier molecular flexibility index (Phi) is 4.42. The summed E-state index contributed by atoms with van der Waals surface area (Å²) in [6.45, 7) is 5.63. The highest BCUT2D eigenvalue weighted by Gasteiger charge is 2.23. The fourth-order valence-corrected chi connectivity index (χ4v) is 2.26. The molecule has 0 spiro atoms. The number of ether oxygens (including phenoxy) is 2. The van der Waals surface area contributed by atoms with E-state index in [4.69, 9.17) is 15.2 Å². The molecule has 0 amide bonds. The zero-order chi connectivity index (χ0) is 13.8. The Hall–Kier alpha value is -1.56. The summed E-state index contributed by atoms with van der Waals surface area (Å²) in [7, 11) is 1.74. The lowest BCUT2D eigenvalue weighted by molar-refractivity contribution is 0.0891. The van der Waals surface area contributed by atoms with Crippen LogP contribution in [0.5, 0.6) is 5.88 Å². The molecular weight excluding hydrogens is 244 g/mol. The van der Waals surface area contributed by atoms with Gasteiger partial charge < -0.3 is 20.1 Å². The van der Waals surface area contributed by atoms with Crippen LogP contribution in [0, 0.1) is 0 Å². The minimum Gasteiger partial charge on any atom is -0.473 e. The summed E-state index contributed by atoms with van der Waals surface area (Å²) in [5.41, 5.74) is 6.62. The molecule has 1 unspecified atom stereocenters. The Morgan fingerprint density at radius 1 is 1.42 bits per heavy atom. The minimum absolute atomic E-state index is 0.0399. The van der Waals surface area contributed by atoms with Crippen LogP contribution in [0.4, 0.5) is 11.5 Å². The van der Waals surface area contributed by atoms with Crippen LogP contribution in [0.1, 0.15) is 26.7 Å². The van der Waals surface area contributed by atoms with Gasteiger partial charge >= 0.3 is 0 Å². The third kappa shape index (κ3) is 3.26. The van der Waals surface area contributed by atoms with Crippen LogP contribution in [0.2, 0.25) is 0 Å². The van der Waals surface area contributed by atoms with Crippen LogP contribution in [0.15, 0.2) is 6.33 Å². The molecule has 1 aliphatic rings. The van der Waals surface area contributed by atoms with E-state index in [2.05, 4.69) is 14.9 Å². The number of nitrogen functional groups attached to an aromatic ring is 1. The van der Waals surface area contributed by atoms with Gasteiger partial charge in [-0.25, -0.2) is 4.98 Å². The van der Waals surface area contributed by atoms with Gasteiger partial charge in [0.25, 0.3) is 0 Å². The van der Waals surface area contributed by atoms with E-state index < -0.39 is 0 Å². The van der Waals surface area contributed by atoms with E-state index in [0.29, 0.717) is 11.6 Å². The fraction of sp³-hybridized carbons (Fsp3) is 0.692. The van der Waals surface area contributed by atoms with Gasteiger partial charge in [0, 0.05) is 20.2 Å². The molecule has 2 rings (SSSR count). The van der Waals surface area contributed by atoms with Crippen molar-refractivity contribution in [3.63, 3.8) is 0 Å². The first-order valence-corrected chi connectivity index (χ1v) is 6.66. The largest absolute Gasteiger partial charge is 0.473 e. The molecule has 0 saturated carbocycles. The summed E-state index contributed by atoms with van der Waals surface area (Å²) in [4.78, 5) is 10.5. The van der Waals surface area contributed by atoms with E-state index in [0.717, 1.165) is 31.7 Å². The highest BCUT2D eigenvalue weighted by atomic mass is 16.5. The first-order valence-electron chi connectivity index (χ1n) is 6.66. The van der Waals surface area contributed by atoms with E-state index in [1.807, 2.05) is 13.8 Å². The van der Waals surface area contributed by atoms with Crippen LogP contribution in [0.3, 0.4) is 0 Å². The third-order valence-corrected chi connectivity index (χ3v) is 3.18. The van der Waals surface area contributed by atoms with Crippen molar-refractivity contribution in [1.82, 2.24) is 9.97 Å². The highest BCUT2D eigenvalue weighted by molar-refractivity contribution is 5.67. The van der Waals surface area contributed by atoms with Crippen molar-refractivity contribution in [2.75, 3.05) is 30.8 Å². The highest BCUT2D eigenvalue weighted by Crippen LogP contribution is 2.30. The van der Waals surface area contributed by atoms with Crippen molar-refractivity contribution in [3.8, 4) is 5.88 Å². The summed E-state index contributed by atoms with van der Waals surface area (Å²) >= 11 is 0. The van der Waals surface area contributed by atoms with E-state index in [9.17, 15) is 0 Å². The molecule has 1 saturated heterocycles. The molecule has 2 N–H and O–H groups in total. The lowest BCUT2D eigenvalue weighted by Gasteiger charge is -2.33. The molecule has 1 aromatic heterocycles. The van der Waals surface area contributed by atoms with Crippen LogP contribution < -0.4 is 15.4 Å². The van der Waals surface area contributed by atoms with Crippen molar-refractivity contribution >= 4 is 11.5 Å². The monoisotopic (exact) mass is 266 g/mol. The van der Waals surface area contributed by atoms with Crippen molar-refractivity contribution in [2.24, 2.45) is 0 Å². The molecule has 0 radical (unpaired) electrons. The standard InChI is InChI=1S/C13H22N4O2/c1-9(2)19-13-11(14)12(15-8-16-13)17-6-4-5-10(7-17)18-3/h8-10H,4-7,14H2,1-3H3. The SMILES string of the molecule is COC1CCCN(c2ncnc(OC(C)C)c2N)C1. The molecule has 0 bridgehead atoms. The third-order valence-electron chi connectivity index (χ3n) is 3.18. The van der Waals surface area contributed by atoms with Gasteiger partial charge in [-0.05, 0) is 26.7 Å². The van der Waals surface area contributed by atoms with Crippen LogP contribution in [-0.4, -0.2) is 42.4 Å². The predicted molar refractivity (Wildman–Crippen MR) is 74.5 cm³/mol. The van der Waals surface area contributed by atoms with Crippen molar-refractivity contribution in [1.29, 1.82) is 0 Å². The van der Waals surface area contributed by atoms with E-state index >= 15 is 0 Å². The fourth-order valence-electron chi connectivity index (χ4n) is 2.26. The molecule has 2 heterocycles. The number of methoxy groups -OCH3 is 1. The van der Waals surface area contributed by atoms with Gasteiger partial charge in [0.15, 0.2) is 5.82 Å². The maximum Gasteiger partial charge on any atom is 0.242 e. The molecule has 6 nitrogen and oxygen atoms in total. The number of piperidine rings is 1. The molecule has 1 aromatic rings.